The summed E-state index contributed by atoms with van der Waals surface area (Å²) in [5.74, 6) is 0.186. The molecule has 0 atom stereocenters. The number of nitrogens with one attached hydrogen (secondary N) is 1. The average Bonchev–Trinajstić information content (AvgIpc) is 3.20. The van der Waals surface area contributed by atoms with Gasteiger partial charge in [0.05, 0.1) is 29.8 Å². The Bertz CT molecular complexity index is 1350. The van der Waals surface area contributed by atoms with Crippen molar-refractivity contribution in [2.24, 2.45) is 0 Å². The predicted molar refractivity (Wildman–Crippen MR) is 118 cm³/mol. The fourth-order valence-corrected chi connectivity index (χ4v) is 4.12. The highest BCUT2D eigenvalue weighted by Gasteiger charge is 2.36. The van der Waals surface area contributed by atoms with Crippen LogP contribution >= 0.6 is 0 Å². The number of nitriles is 1. The standard InChI is InChI=1S/C24H20F3N5O/c25-24(26,27)19-13-22(32-21-4-2-1-3-20(21)30-23(32)18(19)14-28)29-17-7-5-16(6-8-17)15-31-9-11-33-12-10-31/h1-8,13,29H,9-12,15H2. The number of rotatable bonds is 4. The Labute approximate surface area is 187 Å². The summed E-state index contributed by atoms with van der Waals surface area (Å²) in [6.45, 7) is 3.97. The van der Waals surface area contributed by atoms with Crippen molar-refractivity contribution in [2.75, 3.05) is 31.6 Å². The molecule has 0 bridgehead atoms. The maximum Gasteiger partial charge on any atom is 0.417 e. The van der Waals surface area contributed by atoms with Crippen LogP contribution in [0.2, 0.25) is 0 Å². The zero-order chi connectivity index (χ0) is 23.0. The van der Waals surface area contributed by atoms with Crippen molar-refractivity contribution >= 4 is 28.2 Å². The van der Waals surface area contributed by atoms with E-state index in [-0.39, 0.29) is 11.5 Å². The number of imidazole rings is 1. The zero-order valence-electron chi connectivity index (χ0n) is 17.6. The summed E-state index contributed by atoms with van der Waals surface area (Å²) in [7, 11) is 0. The van der Waals surface area contributed by atoms with Crippen LogP contribution in [-0.2, 0) is 17.5 Å². The van der Waals surface area contributed by atoms with Crippen molar-refractivity contribution < 1.29 is 17.9 Å². The lowest BCUT2D eigenvalue weighted by molar-refractivity contribution is -0.137. The number of ether oxygens (including phenoxy) is 1. The van der Waals surface area contributed by atoms with Crippen molar-refractivity contribution in [1.29, 1.82) is 5.26 Å². The highest BCUT2D eigenvalue weighted by Crippen LogP contribution is 2.37. The Morgan fingerprint density at radius 3 is 2.48 bits per heavy atom. The van der Waals surface area contributed by atoms with Crippen LogP contribution in [0.3, 0.4) is 0 Å². The third kappa shape index (κ3) is 4.11. The van der Waals surface area contributed by atoms with Crippen LogP contribution in [-0.4, -0.2) is 40.6 Å². The monoisotopic (exact) mass is 451 g/mol. The Morgan fingerprint density at radius 2 is 1.79 bits per heavy atom. The fraction of sp³-hybridized carbons (Fsp3) is 0.250. The number of aromatic nitrogens is 2. The van der Waals surface area contributed by atoms with Crippen LogP contribution in [0.15, 0.2) is 54.6 Å². The smallest absolute Gasteiger partial charge is 0.379 e. The maximum atomic E-state index is 13.8. The number of anilines is 2. The highest BCUT2D eigenvalue weighted by molar-refractivity contribution is 5.86. The first kappa shape index (κ1) is 21.2. The van der Waals surface area contributed by atoms with Gasteiger partial charge in [-0.1, -0.05) is 24.3 Å². The lowest BCUT2D eigenvalue weighted by atomic mass is 10.1. The van der Waals surface area contributed by atoms with Gasteiger partial charge in [0.1, 0.15) is 17.5 Å². The number of morpholine rings is 1. The van der Waals surface area contributed by atoms with Crippen molar-refractivity contribution in [2.45, 2.75) is 12.7 Å². The normalized spacial score (nSPS) is 15.1. The number of benzene rings is 2. The number of halogens is 3. The molecule has 2 aromatic carbocycles. The molecular formula is C24H20F3N5O. The molecule has 1 aliphatic rings. The van der Waals surface area contributed by atoms with Crippen molar-refractivity contribution in [3.8, 4) is 6.07 Å². The van der Waals surface area contributed by atoms with E-state index in [4.69, 9.17) is 4.74 Å². The molecule has 1 fully saturated rings. The summed E-state index contributed by atoms with van der Waals surface area (Å²) < 4.78 is 48.3. The molecule has 5 rings (SSSR count). The van der Waals surface area contributed by atoms with Gasteiger partial charge in [0.2, 0.25) is 0 Å². The number of hydrogen-bond donors (Lipinski definition) is 1. The summed E-state index contributed by atoms with van der Waals surface area (Å²) >= 11 is 0. The van der Waals surface area contributed by atoms with Crippen LogP contribution in [0, 0.1) is 11.3 Å². The second-order valence-corrected chi connectivity index (χ2v) is 7.90. The lowest BCUT2D eigenvalue weighted by Crippen LogP contribution is -2.35. The first-order chi connectivity index (χ1) is 15.9. The molecule has 0 aliphatic carbocycles. The van der Waals surface area contributed by atoms with E-state index < -0.39 is 17.3 Å². The van der Waals surface area contributed by atoms with Crippen molar-refractivity contribution in [3.63, 3.8) is 0 Å². The first-order valence-electron chi connectivity index (χ1n) is 10.5. The van der Waals surface area contributed by atoms with Gasteiger partial charge < -0.3 is 10.1 Å². The second-order valence-electron chi connectivity index (χ2n) is 7.90. The van der Waals surface area contributed by atoms with Gasteiger partial charge in [0.25, 0.3) is 0 Å². The lowest BCUT2D eigenvalue weighted by Gasteiger charge is -2.26. The molecule has 3 heterocycles. The molecule has 0 saturated carbocycles. The van der Waals surface area contributed by atoms with E-state index in [9.17, 15) is 18.4 Å². The van der Waals surface area contributed by atoms with Crippen LogP contribution in [0.25, 0.3) is 16.7 Å². The summed E-state index contributed by atoms with van der Waals surface area (Å²) in [5.41, 5.74) is 1.33. The van der Waals surface area contributed by atoms with Crippen LogP contribution < -0.4 is 5.32 Å². The minimum Gasteiger partial charge on any atom is -0.379 e. The molecule has 0 spiro atoms. The van der Waals surface area contributed by atoms with Gasteiger partial charge in [-0.2, -0.15) is 18.4 Å². The number of nitrogens with zero attached hydrogens (tertiary/aromatic N) is 4. The molecule has 33 heavy (non-hydrogen) atoms. The molecule has 4 aromatic rings. The summed E-state index contributed by atoms with van der Waals surface area (Å²) in [6.07, 6.45) is -4.69. The van der Waals surface area contributed by atoms with Gasteiger partial charge in [-0.3, -0.25) is 9.30 Å². The molecule has 0 radical (unpaired) electrons. The fourth-order valence-electron chi connectivity index (χ4n) is 4.12. The molecule has 0 unspecified atom stereocenters. The average molecular weight is 451 g/mol. The number of pyridine rings is 1. The maximum absolute atomic E-state index is 13.8. The van der Waals surface area contributed by atoms with Crippen LogP contribution in [0.4, 0.5) is 24.7 Å². The third-order valence-electron chi connectivity index (χ3n) is 5.73. The van der Waals surface area contributed by atoms with E-state index in [0.29, 0.717) is 29.9 Å². The minimum absolute atomic E-state index is 0.0278. The van der Waals surface area contributed by atoms with Gasteiger partial charge in [-0.05, 0) is 35.9 Å². The van der Waals surface area contributed by atoms with E-state index in [1.165, 1.54) is 0 Å². The van der Waals surface area contributed by atoms with Gasteiger partial charge in [0.15, 0.2) is 5.65 Å². The molecule has 1 aliphatic heterocycles. The molecule has 0 amide bonds. The Morgan fingerprint density at radius 1 is 1.06 bits per heavy atom. The first-order valence-corrected chi connectivity index (χ1v) is 10.5. The Balaban J connectivity index is 1.55. The molecular weight excluding hydrogens is 431 g/mol. The van der Waals surface area contributed by atoms with Gasteiger partial charge in [-0.25, -0.2) is 4.98 Å². The molecule has 1 N–H and O–H groups in total. The molecule has 1 saturated heterocycles. The van der Waals surface area contributed by atoms with E-state index in [1.807, 2.05) is 24.3 Å². The Kier molecular flexibility index (Phi) is 5.40. The number of para-hydroxylation sites is 2. The van der Waals surface area contributed by atoms with E-state index in [1.54, 1.807) is 34.7 Å². The predicted octanol–water partition coefficient (Wildman–Crippen LogP) is 4.95. The number of alkyl halides is 3. The summed E-state index contributed by atoms with van der Waals surface area (Å²) in [5, 5.41) is 12.6. The van der Waals surface area contributed by atoms with Crippen molar-refractivity contribution in [3.05, 3.63) is 71.3 Å². The van der Waals surface area contributed by atoms with Crippen molar-refractivity contribution in [1.82, 2.24) is 14.3 Å². The third-order valence-corrected chi connectivity index (χ3v) is 5.73. The summed E-state index contributed by atoms with van der Waals surface area (Å²) in [6, 6.07) is 17.3. The second kappa shape index (κ2) is 8.39. The van der Waals surface area contributed by atoms with Crippen LogP contribution in [0.5, 0.6) is 0 Å². The molecule has 9 heteroatoms. The number of fused-ring (bicyclic) bond motifs is 3. The highest BCUT2D eigenvalue weighted by atomic mass is 19.4. The minimum atomic E-state index is -4.69. The van der Waals surface area contributed by atoms with Gasteiger partial charge in [0, 0.05) is 25.3 Å². The van der Waals surface area contributed by atoms with E-state index in [2.05, 4.69) is 15.2 Å². The SMILES string of the molecule is N#Cc1c(C(F)(F)F)cc(Nc2ccc(CN3CCOCC3)cc2)n2c1nc1ccccc12. The quantitative estimate of drug-likeness (QED) is 0.476. The molecule has 168 valence electrons. The molecule has 6 nitrogen and oxygen atoms in total. The van der Waals surface area contributed by atoms with Gasteiger partial charge >= 0.3 is 6.18 Å². The summed E-state index contributed by atoms with van der Waals surface area (Å²) in [4.78, 5) is 6.62. The van der Waals surface area contributed by atoms with Gasteiger partial charge in [-0.15, -0.1) is 0 Å². The van der Waals surface area contributed by atoms with E-state index >= 15 is 0 Å². The van der Waals surface area contributed by atoms with E-state index in [0.717, 1.165) is 31.3 Å². The zero-order valence-corrected chi connectivity index (χ0v) is 17.6. The van der Waals surface area contributed by atoms with Crippen LogP contribution in [0.1, 0.15) is 16.7 Å². The molecule has 2 aromatic heterocycles. The topological polar surface area (TPSA) is 65.6 Å². The Hall–Kier alpha value is -3.61. The number of hydrogen-bond acceptors (Lipinski definition) is 5. The largest absolute Gasteiger partial charge is 0.417 e.